The Hall–Kier alpha value is -1.05. The zero-order chi connectivity index (χ0) is 19.3. The summed E-state index contributed by atoms with van der Waals surface area (Å²) in [7, 11) is 1.39. The molecule has 0 aliphatic carbocycles. The average molecular weight is 355 g/mol. The van der Waals surface area contributed by atoms with Crippen LogP contribution in [0.15, 0.2) is 12.1 Å². The van der Waals surface area contributed by atoms with Gasteiger partial charge in [-0.25, -0.2) is 4.79 Å². The number of carbonyl (C=O) groups excluding carboxylic acids is 1. The minimum atomic E-state index is -0.472. The zero-order valence-electron chi connectivity index (χ0n) is 17.0. The summed E-state index contributed by atoms with van der Waals surface area (Å²) in [6.07, 6.45) is 2.34. The van der Waals surface area contributed by atoms with Crippen molar-refractivity contribution >= 4 is 13.2 Å². The van der Waals surface area contributed by atoms with Gasteiger partial charge in [0.1, 0.15) is 5.60 Å². The number of hydrogen-bond donors (Lipinski definition) is 0. The Kier molecular flexibility index (Phi) is 7.53. The Balaban J connectivity index is 2.16. The quantitative estimate of drug-likeness (QED) is 0.517. The molecule has 0 aromatic heterocycles. The summed E-state index contributed by atoms with van der Waals surface area (Å²) in [6, 6.07) is 0. The van der Waals surface area contributed by atoms with Gasteiger partial charge in [0.2, 0.25) is 0 Å². The molecule has 0 aromatic rings. The molecule has 1 amide bonds. The Morgan fingerprint density at radius 3 is 2.24 bits per heavy atom. The lowest BCUT2D eigenvalue weighted by Gasteiger charge is -2.32. The molecule has 1 aliphatic rings. The third-order valence-electron chi connectivity index (χ3n) is 4.27. The molecule has 1 aliphatic heterocycles. The molecule has 0 aromatic carbocycles. The van der Waals surface area contributed by atoms with Crippen molar-refractivity contribution < 1.29 is 23.6 Å². The lowest BCUT2D eigenvalue weighted by atomic mass is 9.90. The van der Waals surface area contributed by atoms with Gasteiger partial charge in [-0.15, -0.1) is 0 Å². The zero-order valence-corrected chi connectivity index (χ0v) is 17.0. The Labute approximate surface area is 153 Å². The van der Waals surface area contributed by atoms with E-state index in [0.717, 1.165) is 6.42 Å². The molecule has 1 rings (SSSR count). The highest BCUT2D eigenvalue weighted by atomic mass is 16.7. The van der Waals surface area contributed by atoms with Crippen molar-refractivity contribution in [3.05, 3.63) is 12.1 Å². The van der Waals surface area contributed by atoms with E-state index in [4.69, 9.17) is 18.8 Å². The maximum absolute atomic E-state index is 11.8. The minimum absolute atomic E-state index is 0.312. The van der Waals surface area contributed by atoms with Crippen LogP contribution in [-0.4, -0.2) is 61.7 Å². The standard InChI is InChI=1S/C18H34BNO5/c1-16(2,3)23-15(21)20(8)12-10-14-22-13-9-11-19-24-17(4,5)18(6,7)25-19/h9,11H,10,12-14H2,1-8H3/b11-9+. The van der Waals surface area contributed by atoms with E-state index in [-0.39, 0.29) is 24.4 Å². The van der Waals surface area contributed by atoms with E-state index >= 15 is 0 Å². The van der Waals surface area contributed by atoms with Gasteiger partial charge in [-0.3, -0.25) is 0 Å². The first-order chi connectivity index (χ1) is 11.3. The summed E-state index contributed by atoms with van der Waals surface area (Å²) in [4.78, 5) is 13.4. The summed E-state index contributed by atoms with van der Waals surface area (Å²) in [6.45, 7) is 15.3. The smallest absolute Gasteiger partial charge is 0.444 e. The summed E-state index contributed by atoms with van der Waals surface area (Å²) < 4.78 is 22.6. The van der Waals surface area contributed by atoms with E-state index in [1.807, 2.05) is 60.5 Å². The molecule has 0 saturated carbocycles. The summed E-state index contributed by atoms with van der Waals surface area (Å²) in [5.41, 5.74) is -1.12. The van der Waals surface area contributed by atoms with Gasteiger partial charge in [-0.05, 0) is 54.9 Å². The maximum Gasteiger partial charge on any atom is 0.486 e. The van der Waals surface area contributed by atoms with Crippen LogP contribution in [0.5, 0.6) is 0 Å². The number of rotatable bonds is 7. The second-order valence-electron chi connectivity index (χ2n) is 8.38. The molecule has 0 radical (unpaired) electrons. The van der Waals surface area contributed by atoms with E-state index in [2.05, 4.69) is 0 Å². The summed E-state index contributed by atoms with van der Waals surface area (Å²) in [5, 5.41) is 0. The molecule has 144 valence electrons. The van der Waals surface area contributed by atoms with Gasteiger partial charge < -0.3 is 23.7 Å². The van der Waals surface area contributed by atoms with Gasteiger partial charge in [-0.2, -0.15) is 0 Å². The van der Waals surface area contributed by atoms with Crippen molar-refractivity contribution in [3.63, 3.8) is 0 Å². The van der Waals surface area contributed by atoms with Crippen molar-refractivity contribution in [2.45, 2.75) is 71.7 Å². The highest BCUT2D eigenvalue weighted by Crippen LogP contribution is 2.36. The molecule has 0 spiro atoms. The number of nitrogens with zero attached hydrogens (tertiary/aromatic N) is 1. The normalized spacial score (nSPS) is 19.4. The summed E-state index contributed by atoms with van der Waals surface area (Å²) >= 11 is 0. The SMILES string of the molecule is CN(CCCOC/C=C/B1OC(C)(C)C(C)(C)O1)C(=O)OC(C)(C)C. The number of carbonyl (C=O) groups is 1. The van der Waals surface area contributed by atoms with Crippen molar-refractivity contribution in [2.75, 3.05) is 26.8 Å². The Bertz CT molecular complexity index is 455. The van der Waals surface area contributed by atoms with E-state index < -0.39 is 5.60 Å². The molecule has 0 unspecified atom stereocenters. The summed E-state index contributed by atoms with van der Waals surface area (Å²) in [5.74, 6) is 1.88. The third kappa shape index (κ3) is 7.38. The molecule has 1 saturated heterocycles. The maximum atomic E-state index is 11.8. The van der Waals surface area contributed by atoms with Crippen LogP contribution >= 0.6 is 0 Å². The number of hydrogen-bond acceptors (Lipinski definition) is 5. The van der Waals surface area contributed by atoms with Crippen molar-refractivity contribution in [3.8, 4) is 0 Å². The van der Waals surface area contributed by atoms with Crippen LogP contribution in [0.2, 0.25) is 0 Å². The average Bonchev–Trinajstić information content (AvgIpc) is 2.63. The predicted molar refractivity (Wildman–Crippen MR) is 99.5 cm³/mol. The van der Waals surface area contributed by atoms with E-state index in [0.29, 0.717) is 19.8 Å². The highest BCUT2D eigenvalue weighted by Gasteiger charge is 2.49. The first kappa shape index (κ1) is 22.0. The van der Waals surface area contributed by atoms with Crippen molar-refractivity contribution in [2.24, 2.45) is 0 Å². The number of ether oxygens (including phenoxy) is 2. The Morgan fingerprint density at radius 1 is 1.16 bits per heavy atom. The van der Waals surface area contributed by atoms with Crippen LogP contribution in [0.4, 0.5) is 4.79 Å². The molecular formula is C18H34BNO5. The van der Waals surface area contributed by atoms with Crippen molar-refractivity contribution in [1.82, 2.24) is 4.90 Å². The molecule has 1 fully saturated rings. The number of amides is 1. The molecule has 1 heterocycles. The van der Waals surface area contributed by atoms with E-state index in [9.17, 15) is 4.79 Å². The van der Waals surface area contributed by atoms with Gasteiger partial charge in [0, 0.05) is 20.2 Å². The second kappa shape index (κ2) is 8.56. The van der Waals surface area contributed by atoms with Crippen LogP contribution in [0.25, 0.3) is 0 Å². The molecule has 7 heteroatoms. The Morgan fingerprint density at radius 2 is 1.72 bits per heavy atom. The van der Waals surface area contributed by atoms with Crippen LogP contribution in [0, 0.1) is 0 Å². The topological polar surface area (TPSA) is 57.2 Å². The minimum Gasteiger partial charge on any atom is -0.444 e. The van der Waals surface area contributed by atoms with Crippen LogP contribution in [0.1, 0.15) is 54.9 Å². The van der Waals surface area contributed by atoms with Gasteiger partial charge >= 0.3 is 13.2 Å². The van der Waals surface area contributed by atoms with Gasteiger partial charge in [-0.1, -0.05) is 12.1 Å². The van der Waals surface area contributed by atoms with Crippen LogP contribution in [-0.2, 0) is 18.8 Å². The van der Waals surface area contributed by atoms with Crippen LogP contribution in [0.3, 0.4) is 0 Å². The van der Waals surface area contributed by atoms with Crippen molar-refractivity contribution in [1.29, 1.82) is 0 Å². The van der Waals surface area contributed by atoms with Gasteiger partial charge in [0.15, 0.2) is 0 Å². The lowest BCUT2D eigenvalue weighted by Crippen LogP contribution is -2.41. The fourth-order valence-corrected chi connectivity index (χ4v) is 2.12. The monoisotopic (exact) mass is 355 g/mol. The molecule has 0 atom stereocenters. The molecule has 0 bridgehead atoms. The first-order valence-corrected chi connectivity index (χ1v) is 8.88. The predicted octanol–water partition coefficient (Wildman–Crippen LogP) is 3.45. The third-order valence-corrected chi connectivity index (χ3v) is 4.27. The van der Waals surface area contributed by atoms with Gasteiger partial charge in [0.05, 0.1) is 17.8 Å². The molecule has 0 N–H and O–H groups in total. The lowest BCUT2D eigenvalue weighted by molar-refractivity contribution is 0.00578. The molecule has 25 heavy (non-hydrogen) atoms. The van der Waals surface area contributed by atoms with E-state index in [1.54, 1.807) is 11.9 Å². The molecular weight excluding hydrogens is 321 g/mol. The molecule has 6 nitrogen and oxygen atoms in total. The second-order valence-corrected chi connectivity index (χ2v) is 8.38. The first-order valence-electron chi connectivity index (χ1n) is 8.88. The largest absolute Gasteiger partial charge is 0.486 e. The van der Waals surface area contributed by atoms with E-state index in [1.165, 1.54) is 0 Å². The van der Waals surface area contributed by atoms with Crippen LogP contribution < -0.4 is 0 Å². The van der Waals surface area contributed by atoms with Gasteiger partial charge in [0.25, 0.3) is 0 Å². The fourth-order valence-electron chi connectivity index (χ4n) is 2.12. The fraction of sp³-hybridized carbons (Fsp3) is 0.833. The highest BCUT2D eigenvalue weighted by molar-refractivity contribution is 6.51.